The predicted octanol–water partition coefficient (Wildman–Crippen LogP) is 0.746. The monoisotopic (exact) mass is 249 g/mol. The van der Waals surface area contributed by atoms with Crippen LogP contribution in [0.25, 0.3) is 0 Å². The van der Waals surface area contributed by atoms with Crippen molar-refractivity contribution in [1.29, 1.82) is 0 Å². The third-order valence-corrected chi connectivity index (χ3v) is 3.24. The summed E-state index contributed by atoms with van der Waals surface area (Å²) in [5.41, 5.74) is 4.70. The van der Waals surface area contributed by atoms with Gasteiger partial charge in [-0.15, -0.1) is 0 Å². The summed E-state index contributed by atoms with van der Waals surface area (Å²) >= 11 is 0. The van der Waals surface area contributed by atoms with Crippen molar-refractivity contribution in [3.8, 4) is 0 Å². The lowest BCUT2D eigenvalue weighted by atomic mass is 10.0. The minimum Gasteiger partial charge on any atom is -0.356 e. The Labute approximate surface area is 107 Å². The number of fused-ring (bicyclic) bond motifs is 1. The van der Waals surface area contributed by atoms with Crippen LogP contribution in [0.15, 0.2) is 24.3 Å². The van der Waals surface area contributed by atoms with Crippen LogP contribution >= 0.6 is 0 Å². The lowest BCUT2D eigenvalue weighted by Crippen LogP contribution is -2.30. The molecule has 0 saturated carbocycles. The van der Waals surface area contributed by atoms with Gasteiger partial charge in [0, 0.05) is 13.1 Å². The van der Waals surface area contributed by atoms with Crippen molar-refractivity contribution in [1.82, 2.24) is 10.5 Å². The van der Waals surface area contributed by atoms with Crippen molar-refractivity contribution >= 4 is 5.97 Å². The smallest absolute Gasteiger partial charge is 0.327 e. The summed E-state index contributed by atoms with van der Waals surface area (Å²) < 4.78 is 0. The molecule has 1 aromatic carbocycles. The maximum Gasteiger partial charge on any atom is 0.327 e. The molecule has 1 aromatic rings. The number of hydrogen-bond acceptors (Lipinski definition) is 5. The fraction of sp³-hybridized carbons (Fsp3) is 0.462. The molecule has 0 fully saturated rings. The molecule has 1 aliphatic rings. The van der Waals surface area contributed by atoms with Gasteiger partial charge in [-0.05, 0) is 30.5 Å². The number of nitrogens with zero attached hydrogens (tertiary/aromatic N) is 1. The van der Waals surface area contributed by atoms with Crippen LogP contribution in [-0.4, -0.2) is 24.0 Å². The van der Waals surface area contributed by atoms with Crippen molar-refractivity contribution in [3.63, 3.8) is 0 Å². The van der Waals surface area contributed by atoms with Gasteiger partial charge in [-0.2, -0.15) is 0 Å². The van der Waals surface area contributed by atoms with Gasteiger partial charge < -0.3 is 4.84 Å². The highest BCUT2D eigenvalue weighted by Gasteiger charge is 2.15. The van der Waals surface area contributed by atoms with Gasteiger partial charge in [-0.3, -0.25) is 9.69 Å². The SMILES string of the molecule is NNOC(=O)CCN1CCCc2ccccc2C1. The van der Waals surface area contributed by atoms with E-state index in [2.05, 4.69) is 34.0 Å². The second-order valence-electron chi connectivity index (χ2n) is 4.49. The number of nitrogens with two attached hydrogens (primary N) is 1. The Kier molecular flexibility index (Phi) is 4.69. The molecule has 3 N–H and O–H groups in total. The molecule has 0 aromatic heterocycles. The van der Waals surface area contributed by atoms with Crippen molar-refractivity contribution in [3.05, 3.63) is 35.4 Å². The molecule has 98 valence electrons. The van der Waals surface area contributed by atoms with Crippen LogP contribution in [0.5, 0.6) is 0 Å². The van der Waals surface area contributed by atoms with Crippen LogP contribution in [0.4, 0.5) is 0 Å². The van der Waals surface area contributed by atoms with Gasteiger partial charge >= 0.3 is 5.97 Å². The van der Waals surface area contributed by atoms with Crippen LogP contribution in [0.2, 0.25) is 0 Å². The normalized spacial score (nSPS) is 15.8. The number of carbonyl (C=O) groups excluding carboxylic acids is 1. The second-order valence-corrected chi connectivity index (χ2v) is 4.49. The Morgan fingerprint density at radius 1 is 1.39 bits per heavy atom. The molecule has 18 heavy (non-hydrogen) atoms. The number of hydrogen-bond donors (Lipinski definition) is 2. The fourth-order valence-corrected chi connectivity index (χ4v) is 2.33. The van der Waals surface area contributed by atoms with Crippen molar-refractivity contribution in [2.45, 2.75) is 25.8 Å². The highest BCUT2D eigenvalue weighted by molar-refractivity contribution is 5.69. The van der Waals surface area contributed by atoms with E-state index in [1.54, 1.807) is 0 Å². The van der Waals surface area contributed by atoms with Gasteiger partial charge in [0.15, 0.2) is 0 Å². The summed E-state index contributed by atoms with van der Waals surface area (Å²) in [5.74, 6) is 4.60. The van der Waals surface area contributed by atoms with E-state index < -0.39 is 0 Å². The zero-order valence-corrected chi connectivity index (χ0v) is 10.4. The van der Waals surface area contributed by atoms with E-state index in [9.17, 15) is 4.79 Å². The maximum absolute atomic E-state index is 11.2. The molecule has 0 amide bonds. The first-order valence-electron chi connectivity index (χ1n) is 6.24. The molecule has 0 radical (unpaired) electrons. The Bertz CT molecular complexity index is 409. The summed E-state index contributed by atoms with van der Waals surface area (Å²) in [5, 5.41) is 0. The van der Waals surface area contributed by atoms with Crippen LogP contribution < -0.4 is 11.4 Å². The zero-order chi connectivity index (χ0) is 12.8. The largest absolute Gasteiger partial charge is 0.356 e. The zero-order valence-electron chi connectivity index (χ0n) is 10.4. The topological polar surface area (TPSA) is 67.6 Å². The quantitative estimate of drug-likeness (QED) is 0.608. The first-order valence-corrected chi connectivity index (χ1v) is 6.24. The lowest BCUT2D eigenvalue weighted by Gasteiger charge is -2.19. The van der Waals surface area contributed by atoms with Gasteiger partial charge in [0.05, 0.1) is 6.42 Å². The van der Waals surface area contributed by atoms with E-state index in [1.807, 2.05) is 5.59 Å². The molecule has 1 aliphatic heterocycles. The molecule has 5 nitrogen and oxygen atoms in total. The number of nitrogens with one attached hydrogen (secondary N) is 1. The Morgan fingerprint density at radius 3 is 2.94 bits per heavy atom. The Balaban J connectivity index is 1.90. The first-order chi connectivity index (χ1) is 8.79. The standard InChI is InChI=1S/C13H19N3O2/c14-15-18-13(17)7-9-16-8-3-6-11-4-1-2-5-12(11)10-16/h1-2,4-5,15H,3,6-10,14H2. The average molecular weight is 249 g/mol. The van der Waals surface area contributed by atoms with E-state index in [1.165, 1.54) is 11.1 Å². The van der Waals surface area contributed by atoms with Crippen molar-refractivity contribution in [2.24, 2.45) is 5.84 Å². The van der Waals surface area contributed by atoms with E-state index in [4.69, 9.17) is 5.84 Å². The van der Waals surface area contributed by atoms with Gasteiger partial charge in [0.25, 0.3) is 0 Å². The second kappa shape index (κ2) is 6.49. The van der Waals surface area contributed by atoms with E-state index in [0.29, 0.717) is 13.0 Å². The van der Waals surface area contributed by atoms with Crippen LogP contribution in [-0.2, 0) is 22.6 Å². The molecule has 0 unspecified atom stereocenters. The summed E-state index contributed by atoms with van der Waals surface area (Å²) in [7, 11) is 0. The molecule has 2 rings (SSSR count). The average Bonchev–Trinajstić information content (AvgIpc) is 2.58. The molecule has 5 heteroatoms. The minimum absolute atomic E-state index is 0.324. The molecule has 0 bridgehead atoms. The molecule has 0 atom stereocenters. The first kappa shape index (κ1) is 13.0. The van der Waals surface area contributed by atoms with Crippen LogP contribution in [0, 0.1) is 0 Å². The van der Waals surface area contributed by atoms with Gasteiger partial charge in [-0.1, -0.05) is 29.9 Å². The number of carbonyl (C=O) groups is 1. The highest BCUT2D eigenvalue weighted by Crippen LogP contribution is 2.18. The Morgan fingerprint density at radius 2 is 2.17 bits per heavy atom. The summed E-state index contributed by atoms with van der Waals surface area (Å²) in [6.45, 7) is 2.62. The molecule has 0 spiro atoms. The van der Waals surface area contributed by atoms with Crippen LogP contribution in [0.3, 0.4) is 0 Å². The van der Waals surface area contributed by atoms with Gasteiger partial charge in [0.2, 0.25) is 0 Å². The van der Waals surface area contributed by atoms with E-state index >= 15 is 0 Å². The lowest BCUT2D eigenvalue weighted by molar-refractivity contribution is -0.151. The molecular weight excluding hydrogens is 230 g/mol. The maximum atomic E-state index is 11.2. The highest BCUT2D eigenvalue weighted by atomic mass is 16.7. The molecule has 0 aliphatic carbocycles. The van der Waals surface area contributed by atoms with E-state index in [-0.39, 0.29) is 5.97 Å². The molecule has 0 saturated heterocycles. The van der Waals surface area contributed by atoms with Crippen molar-refractivity contribution in [2.75, 3.05) is 13.1 Å². The van der Waals surface area contributed by atoms with E-state index in [0.717, 1.165) is 25.9 Å². The fourth-order valence-electron chi connectivity index (χ4n) is 2.33. The molecule has 1 heterocycles. The summed E-state index contributed by atoms with van der Waals surface area (Å²) in [6.07, 6.45) is 2.59. The minimum atomic E-state index is -0.324. The predicted molar refractivity (Wildman–Crippen MR) is 68.1 cm³/mol. The number of aryl methyl sites for hydroxylation is 1. The molecular formula is C13H19N3O2. The summed E-state index contributed by atoms with van der Waals surface area (Å²) in [6, 6.07) is 8.49. The summed E-state index contributed by atoms with van der Waals surface area (Å²) in [4.78, 5) is 18.0. The Hall–Kier alpha value is -1.43. The number of benzene rings is 1. The third-order valence-electron chi connectivity index (χ3n) is 3.24. The number of rotatable bonds is 4. The van der Waals surface area contributed by atoms with Gasteiger partial charge in [0.1, 0.15) is 0 Å². The number of hydrazine groups is 1. The van der Waals surface area contributed by atoms with Crippen molar-refractivity contribution < 1.29 is 9.63 Å². The van der Waals surface area contributed by atoms with Gasteiger partial charge in [-0.25, -0.2) is 5.84 Å². The van der Waals surface area contributed by atoms with Crippen LogP contribution in [0.1, 0.15) is 24.0 Å². The third kappa shape index (κ3) is 3.53.